The Morgan fingerprint density at radius 3 is 2.33 bits per heavy atom. The summed E-state index contributed by atoms with van der Waals surface area (Å²) in [7, 11) is 0. The minimum Gasteiger partial charge on any atom is -0.394 e. The van der Waals surface area contributed by atoms with Gasteiger partial charge in [0, 0.05) is 30.6 Å². The van der Waals surface area contributed by atoms with Crippen molar-refractivity contribution in [3.05, 3.63) is 90.5 Å². The molecule has 43 heavy (non-hydrogen) atoms. The van der Waals surface area contributed by atoms with Gasteiger partial charge in [0.15, 0.2) is 0 Å². The van der Waals surface area contributed by atoms with Crippen LogP contribution in [0.2, 0.25) is 0 Å². The van der Waals surface area contributed by atoms with Crippen LogP contribution >= 0.6 is 11.8 Å². The number of benzene rings is 2. The molecule has 3 heterocycles. The molecule has 228 valence electrons. The fraction of sp³-hybridized carbons (Fsp3) is 0.457. The van der Waals surface area contributed by atoms with Gasteiger partial charge < -0.3 is 19.8 Å². The Bertz CT molecular complexity index is 1390. The van der Waals surface area contributed by atoms with Gasteiger partial charge in [0.1, 0.15) is 6.04 Å². The Morgan fingerprint density at radius 1 is 1.07 bits per heavy atom. The van der Waals surface area contributed by atoms with Crippen molar-refractivity contribution >= 4 is 35.2 Å². The third-order valence-corrected chi connectivity index (χ3v) is 11.7. The SMILES string of the molecule is C=CCN(Cc1ccccc1)C(=O)[C@@H]1[C@@H]2CC(C)C3(S2)C(C(=O)N(CC=C)c2c(C)cccc2C)N([C@H](C)CO)C(=O)[C@H]13. The molecule has 7 nitrogen and oxygen atoms in total. The molecule has 5 rings (SSSR count). The number of aliphatic hydroxyl groups excluding tert-OH is 1. The van der Waals surface area contributed by atoms with Crippen LogP contribution in [0.1, 0.15) is 37.0 Å². The number of thioether (sulfide) groups is 1. The molecular weight excluding hydrogens is 558 g/mol. The van der Waals surface area contributed by atoms with E-state index in [0.29, 0.717) is 13.1 Å². The van der Waals surface area contributed by atoms with Crippen LogP contribution in [0.4, 0.5) is 5.69 Å². The molecule has 0 aromatic heterocycles. The van der Waals surface area contributed by atoms with Crippen LogP contribution in [0, 0.1) is 31.6 Å². The van der Waals surface area contributed by atoms with Crippen molar-refractivity contribution in [2.75, 3.05) is 24.6 Å². The standard InChI is InChI=1S/C35H43N3O4S/c1-7-17-36(20-26-15-10-9-11-16-26)32(40)28-27-19-24(5)35(43-27)29(28)33(41)38(25(6)21-39)31(35)34(42)37(18-8-2)30-22(3)13-12-14-23(30)4/h7-16,24-25,27-29,31,39H,1-2,17-21H2,3-6H3/t24?,25-,27+,28-,29+,31?,35?/m1/s1. The van der Waals surface area contributed by atoms with Gasteiger partial charge in [-0.15, -0.1) is 24.9 Å². The molecule has 3 aliphatic heterocycles. The monoisotopic (exact) mass is 601 g/mol. The molecule has 3 aliphatic rings. The highest BCUT2D eigenvalue weighted by atomic mass is 32.2. The third kappa shape index (κ3) is 5.02. The fourth-order valence-corrected chi connectivity index (χ4v) is 10.2. The topological polar surface area (TPSA) is 81.2 Å². The lowest BCUT2D eigenvalue weighted by Gasteiger charge is -2.42. The first kappa shape index (κ1) is 31.1. The van der Waals surface area contributed by atoms with E-state index in [9.17, 15) is 19.5 Å². The quantitative estimate of drug-likeness (QED) is 0.376. The van der Waals surface area contributed by atoms with Gasteiger partial charge in [-0.3, -0.25) is 14.4 Å². The summed E-state index contributed by atoms with van der Waals surface area (Å²) in [6, 6.07) is 14.4. The predicted molar refractivity (Wildman–Crippen MR) is 173 cm³/mol. The van der Waals surface area contributed by atoms with Crippen molar-refractivity contribution in [3.63, 3.8) is 0 Å². The Morgan fingerprint density at radius 2 is 1.72 bits per heavy atom. The average Bonchev–Trinajstić information content (AvgIpc) is 3.59. The van der Waals surface area contributed by atoms with E-state index < -0.39 is 28.7 Å². The third-order valence-electron chi connectivity index (χ3n) is 9.61. The van der Waals surface area contributed by atoms with E-state index in [1.54, 1.807) is 45.5 Å². The number of para-hydroxylation sites is 1. The summed E-state index contributed by atoms with van der Waals surface area (Å²) in [4.78, 5) is 49.1. The summed E-state index contributed by atoms with van der Waals surface area (Å²) in [5, 5.41) is 10.3. The molecule has 0 radical (unpaired) electrons. The number of nitrogens with zero attached hydrogens (tertiary/aromatic N) is 3. The van der Waals surface area contributed by atoms with E-state index in [2.05, 4.69) is 20.1 Å². The van der Waals surface area contributed by atoms with Crippen molar-refractivity contribution in [2.45, 2.75) is 62.7 Å². The number of rotatable bonds is 11. The van der Waals surface area contributed by atoms with Crippen LogP contribution < -0.4 is 4.90 Å². The van der Waals surface area contributed by atoms with Gasteiger partial charge >= 0.3 is 0 Å². The highest BCUT2D eigenvalue weighted by molar-refractivity contribution is 8.02. The lowest BCUT2D eigenvalue weighted by atomic mass is 9.65. The van der Waals surface area contributed by atoms with Gasteiger partial charge in [0.05, 0.1) is 29.2 Å². The molecule has 1 spiro atoms. The number of fused-ring (bicyclic) bond motifs is 1. The lowest BCUT2D eigenvalue weighted by Crippen LogP contribution is -2.59. The first-order valence-corrected chi connectivity index (χ1v) is 16.0. The number of likely N-dealkylation sites (tertiary alicyclic amines) is 1. The van der Waals surface area contributed by atoms with Crippen molar-refractivity contribution in [1.29, 1.82) is 0 Å². The Balaban J connectivity index is 1.59. The number of hydrogen-bond donors (Lipinski definition) is 1. The molecule has 2 aromatic rings. The van der Waals surface area contributed by atoms with Crippen LogP contribution in [0.3, 0.4) is 0 Å². The van der Waals surface area contributed by atoms with Crippen LogP contribution in [0.5, 0.6) is 0 Å². The molecule has 3 amide bonds. The summed E-state index contributed by atoms with van der Waals surface area (Å²) >= 11 is 1.66. The first-order valence-electron chi connectivity index (χ1n) is 15.1. The number of carbonyl (C=O) groups excluding carboxylic acids is 3. The first-order chi connectivity index (χ1) is 20.6. The maximum absolute atomic E-state index is 14.9. The van der Waals surface area contributed by atoms with E-state index in [1.165, 1.54) is 0 Å². The molecule has 3 saturated heterocycles. The second kappa shape index (κ2) is 12.3. The molecule has 7 atom stereocenters. The van der Waals surface area contributed by atoms with Gasteiger partial charge in [0.25, 0.3) is 5.91 Å². The largest absolute Gasteiger partial charge is 0.394 e. The number of aliphatic hydroxyl groups is 1. The molecule has 8 heteroatoms. The summed E-state index contributed by atoms with van der Waals surface area (Å²) < 4.78 is -0.787. The minimum atomic E-state index is -0.823. The van der Waals surface area contributed by atoms with Gasteiger partial charge in [-0.1, -0.05) is 67.6 Å². The van der Waals surface area contributed by atoms with Crippen molar-refractivity contribution in [3.8, 4) is 0 Å². The zero-order chi connectivity index (χ0) is 31.1. The van der Waals surface area contributed by atoms with Gasteiger partial charge in [-0.2, -0.15) is 0 Å². The lowest BCUT2D eigenvalue weighted by molar-refractivity contribution is -0.145. The average molecular weight is 602 g/mol. The molecule has 0 saturated carbocycles. The van der Waals surface area contributed by atoms with E-state index in [4.69, 9.17) is 0 Å². The molecule has 3 fully saturated rings. The van der Waals surface area contributed by atoms with E-state index in [0.717, 1.165) is 28.8 Å². The van der Waals surface area contributed by atoms with Crippen LogP contribution in [0.25, 0.3) is 0 Å². The normalized spacial score (nSPS) is 28.0. The number of anilines is 1. The Kier molecular flexibility index (Phi) is 8.91. The van der Waals surface area contributed by atoms with Crippen LogP contribution in [-0.2, 0) is 20.9 Å². The summed E-state index contributed by atoms with van der Waals surface area (Å²) in [6.07, 6.45) is 4.18. The maximum Gasteiger partial charge on any atom is 0.251 e. The highest BCUT2D eigenvalue weighted by Crippen LogP contribution is 2.69. The van der Waals surface area contributed by atoms with Gasteiger partial charge in [0.2, 0.25) is 11.8 Å². The van der Waals surface area contributed by atoms with E-state index in [1.807, 2.05) is 62.4 Å². The molecule has 2 aromatic carbocycles. The highest BCUT2D eigenvalue weighted by Gasteiger charge is 2.76. The molecule has 2 bridgehead atoms. The smallest absolute Gasteiger partial charge is 0.251 e. The second-order valence-corrected chi connectivity index (χ2v) is 13.8. The van der Waals surface area contributed by atoms with Crippen LogP contribution in [0.15, 0.2) is 73.8 Å². The minimum absolute atomic E-state index is 0.0240. The number of amides is 3. The Hall–Kier alpha value is -3.36. The van der Waals surface area contributed by atoms with Gasteiger partial charge in [-0.05, 0) is 49.8 Å². The van der Waals surface area contributed by atoms with E-state index >= 15 is 0 Å². The summed E-state index contributed by atoms with van der Waals surface area (Å²) in [5.74, 6) is -1.66. The summed E-state index contributed by atoms with van der Waals surface area (Å²) in [6.45, 7) is 16.5. The van der Waals surface area contributed by atoms with Crippen molar-refractivity contribution in [2.24, 2.45) is 17.8 Å². The molecule has 3 unspecified atom stereocenters. The molecule has 1 N–H and O–H groups in total. The molecular formula is C35H43N3O4S. The van der Waals surface area contributed by atoms with E-state index in [-0.39, 0.29) is 42.0 Å². The van der Waals surface area contributed by atoms with Crippen molar-refractivity contribution in [1.82, 2.24) is 9.80 Å². The van der Waals surface area contributed by atoms with Crippen LogP contribution in [-0.4, -0.2) is 74.4 Å². The number of aryl methyl sites for hydroxylation is 2. The Labute approximate surface area is 259 Å². The molecule has 0 aliphatic carbocycles. The van der Waals surface area contributed by atoms with Gasteiger partial charge in [-0.25, -0.2) is 0 Å². The zero-order valence-electron chi connectivity index (χ0n) is 25.6. The second-order valence-electron chi connectivity index (χ2n) is 12.3. The van der Waals surface area contributed by atoms with Crippen molar-refractivity contribution < 1.29 is 19.5 Å². The summed E-state index contributed by atoms with van der Waals surface area (Å²) in [5.41, 5.74) is 3.74. The number of carbonyl (C=O) groups is 3. The zero-order valence-corrected chi connectivity index (χ0v) is 26.4. The maximum atomic E-state index is 14.9. The number of hydrogen-bond acceptors (Lipinski definition) is 5. The predicted octanol–water partition coefficient (Wildman–Crippen LogP) is 4.76. The fourth-order valence-electron chi connectivity index (χ4n) is 7.79.